The van der Waals surface area contributed by atoms with Crippen LogP contribution in [-0.2, 0) is 33.0 Å². The fourth-order valence-electron chi connectivity index (χ4n) is 3.86. The third-order valence-electron chi connectivity index (χ3n) is 5.80. The van der Waals surface area contributed by atoms with Gasteiger partial charge in [0.1, 0.15) is 17.7 Å². The molecule has 2 heterocycles. The van der Waals surface area contributed by atoms with E-state index in [1.807, 2.05) is 11.6 Å². The third-order valence-corrected chi connectivity index (χ3v) is 7.71. The fourth-order valence-corrected chi connectivity index (χ4v) is 5.27. The van der Waals surface area contributed by atoms with E-state index in [2.05, 4.69) is 10.3 Å². The maximum Gasteiger partial charge on any atom is 0.243 e. The van der Waals surface area contributed by atoms with Crippen LogP contribution in [0.2, 0.25) is 0 Å². The number of nitrogens with one attached hydrogen (secondary N) is 1. The highest BCUT2D eigenvalue weighted by Crippen LogP contribution is 2.22. The normalized spacial score (nSPS) is 15.7. The van der Waals surface area contributed by atoms with Crippen molar-refractivity contribution in [1.82, 2.24) is 19.2 Å². The van der Waals surface area contributed by atoms with E-state index in [0.717, 1.165) is 11.1 Å². The van der Waals surface area contributed by atoms with Crippen molar-refractivity contribution in [3.8, 4) is 0 Å². The van der Waals surface area contributed by atoms with Gasteiger partial charge in [0.2, 0.25) is 15.9 Å². The van der Waals surface area contributed by atoms with Gasteiger partial charge in [-0.05, 0) is 41.8 Å². The predicted octanol–water partition coefficient (Wildman–Crippen LogP) is 2.42. The van der Waals surface area contributed by atoms with Crippen molar-refractivity contribution in [2.75, 3.05) is 26.3 Å². The molecule has 1 aromatic heterocycles. The summed E-state index contributed by atoms with van der Waals surface area (Å²) in [6.07, 6.45) is 4.08. The van der Waals surface area contributed by atoms with Crippen molar-refractivity contribution in [1.29, 1.82) is 0 Å². The molecule has 1 amide bonds. The van der Waals surface area contributed by atoms with E-state index in [9.17, 15) is 17.6 Å². The van der Waals surface area contributed by atoms with Crippen LogP contribution < -0.4 is 5.32 Å². The molecule has 3 aromatic rings. The lowest BCUT2D eigenvalue weighted by molar-refractivity contribution is -0.121. The quantitative estimate of drug-likeness (QED) is 0.528. The molecule has 1 saturated heterocycles. The van der Waals surface area contributed by atoms with Gasteiger partial charge in [0, 0.05) is 39.0 Å². The SMILES string of the molecule is Cn1ccnc1[C@H](NC(=O)CCc1ccc(S(=O)(=O)N2CCOCC2)cc1)c1ccc(F)cc1. The van der Waals surface area contributed by atoms with Crippen LogP contribution in [0.25, 0.3) is 0 Å². The molecular weight excluding hydrogens is 459 g/mol. The van der Waals surface area contributed by atoms with E-state index in [-0.39, 0.29) is 23.0 Å². The summed E-state index contributed by atoms with van der Waals surface area (Å²) in [5.41, 5.74) is 1.58. The Kier molecular flexibility index (Phi) is 7.40. The minimum Gasteiger partial charge on any atom is -0.379 e. The number of imidazole rings is 1. The monoisotopic (exact) mass is 486 g/mol. The van der Waals surface area contributed by atoms with Gasteiger partial charge in [0.15, 0.2) is 0 Å². The molecular formula is C24H27FN4O4S. The van der Waals surface area contributed by atoms with Crippen LogP contribution in [0.15, 0.2) is 65.8 Å². The molecule has 0 unspecified atom stereocenters. The molecule has 1 fully saturated rings. The largest absolute Gasteiger partial charge is 0.379 e. The molecule has 1 N–H and O–H groups in total. The second-order valence-electron chi connectivity index (χ2n) is 8.11. The molecule has 4 rings (SSSR count). The number of benzene rings is 2. The maximum absolute atomic E-state index is 13.4. The molecule has 2 aromatic carbocycles. The van der Waals surface area contributed by atoms with Crippen molar-refractivity contribution in [3.05, 3.63) is 83.7 Å². The number of morpholine rings is 1. The lowest BCUT2D eigenvalue weighted by atomic mass is 10.0. The number of carbonyl (C=O) groups excluding carboxylic acids is 1. The van der Waals surface area contributed by atoms with E-state index in [1.54, 1.807) is 48.8 Å². The Bertz CT molecular complexity index is 1220. The third kappa shape index (κ3) is 5.52. The van der Waals surface area contributed by atoms with Crippen LogP contribution in [-0.4, -0.2) is 54.5 Å². The smallest absolute Gasteiger partial charge is 0.243 e. The highest BCUT2D eigenvalue weighted by atomic mass is 32.2. The van der Waals surface area contributed by atoms with Crippen LogP contribution in [0.4, 0.5) is 4.39 Å². The molecule has 34 heavy (non-hydrogen) atoms. The molecule has 10 heteroatoms. The van der Waals surface area contributed by atoms with E-state index in [4.69, 9.17) is 4.74 Å². The Balaban J connectivity index is 1.40. The number of amides is 1. The molecule has 1 atom stereocenters. The average Bonchev–Trinajstić information content (AvgIpc) is 3.28. The first kappa shape index (κ1) is 24.1. The van der Waals surface area contributed by atoms with Crippen molar-refractivity contribution in [3.63, 3.8) is 0 Å². The lowest BCUT2D eigenvalue weighted by Gasteiger charge is -2.26. The summed E-state index contributed by atoms with van der Waals surface area (Å²) in [5.74, 6) is 0.0905. The van der Waals surface area contributed by atoms with Gasteiger partial charge < -0.3 is 14.6 Å². The van der Waals surface area contributed by atoms with Gasteiger partial charge in [-0.1, -0.05) is 24.3 Å². The fraction of sp³-hybridized carbons (Fsp3) is 0.333. The van der Waals surface area contributed by atoms with E-state index in [0.29, 0.717) is 38.5 Å². The molecule has 0 spiro atoms. The summed E-state index contributed by atoms with van der Waals surface area (Å²) >= 11 is 0. The summed E-state index contributed by atoms with van der Waals surface area (Å²) in [7, 11) is -1.72. The number of ether oxygens (including phenoxy) is 1. The number of aromatic nitrogens is 2. The first-order valence-electron chi connectivity index (χ1n) is 11.0. The van der Waals surface area contributed by atoms with Crippen LogP contribution in [0.3, 0.4) is 0 Å². The zero-order valence-electron chi connectivity index (χ0n) is 18.9. The lowest BCUT2D eigenvalue weighted by Crippen LogP contribution is -2.40. The van der Waals surface area contributed by atoms with Crippen molar-refractivity contribution >= 4 is 15.9 Å². The van der Waals surface area contributed by atoms with Crippen LogP contribution >= 0.6 is 0 Å². The zero-order valence-corrected chi connectivity index (χ0v) is 19.7. The Morgan fingerprint density at radius 2 is 1.79 bits per heavy atom. The summed E-state index contributed by atoms with van der Waals surface area (Å²) in [6, 6.07) is 12.1. The predicted molar refractivity (Wildman–Crippen MR) is 124 cm³/mol. The second kappa shape index (κ2) is 10.5. The number of hydrogen-bond acceptors (Lipinski definition) is 5. The van der Waals surface area contributed by atoms with Gasteiger partial charge in [-0.15, -0.1) is 0 Å². The maximum atomic E-state index is 13.4. The molecule has 0 radical (unpaired) electrons. The molecule has 1 aliphatic heterocycles. The highest BCUT2D eigenvalue weighted by Gasteiger charge is 2.26. The van der Waals surface area contributed by atoms with Gasteiger partial charge in [-0.3, -0.25) is 4.79 Å². The first-order chi connectivity index (χ1) is 16.3. The number of hydrogen-bond donors (Lipinski definition) is 1. The number of nitrogens with zero attached hydrogens (tertiary/aromatic N) is 3. The summed E-state index contributed by atoms with van der Waals surface area (Å²) in [6.45, 7) is 1.47. The topological polar surface area (TPSA) is 93.5 Å². The summed E-state index contributed by atoms with van der Waals surface area (Å²) in [4.78, 5) is 17.3. The molecule has 0 saturated carbocycles. The average molecular weight is 487 g/mol. The molecule has 8 nitrogen and oxygen atoms in total. The van der Waals surface area contributed by atoms with Gasteiger partial charge in [0.05, 0.1) is 18.1 Å². The van der Waals surface area contributed by atoms with E-state index >= 15 is 0 Å². The Labute approximate surface area is 198 Å². The Morgan fingerprint density at radius 1 is 1.12 bits per heavy atom. The van der Waals surface area contributed by atoms with Gasteiger partial charge in [-0.2, -0.15) is 4.31 Å². The Hall–Kier alpha value is -3.08. The van der Waals surface area contributed by atoms with Gasteiger partial charge >= 0.3 is 0 Å². The number of carbonyl (C=O) groups is 1. The number of sulfonamides is 1. The minimum absolute atomic E-state index is 0.192. The number of aryl methyl sites for hydroxylation is 2. The summed E-state index contributed by atoms with van der Waals surface area (Å²) < 4.78 is 47.4. The standard InChI is InChI=1S/C24H27FN4O4S/c1-28-13-12-26-24(28)23(19-5-7-20(25)8-6-19)27-22(30)11-4-18-2-9-21(10-3-18)34(31,32)29-14-16-33-17-15-29/h2-3,5-10,12-13,23H,4,11,14-17H2,1H3,(H,27,30)/t23-/m1/s1. The molecule has 180 valence electrons. The van der Waals surface area contributed by atoms with Crippen molar-refractivity contribution in [2.45, 2.75) is 23.8 Å². The zero-order chi connectivity index (χ0) is 24.1. The van der Waals surface area contributed by atoms with Crippen molar-refractivity contribution in [2.24, 2.45) is 7.05 Å². The molecule has 0 bridgehead atoms. The van der Waals surface area contributed by atoms with E-state index in [1.165, 1.54) is 16.4 Å². The summed E-state index contributed by atoms with van der Waals surface area (Å²) in [5, 5.41) is 2.99. The van der Waals surface area contributed by atoms with Crippen LogP contribution in [0.1, 0.15) is 29.4 Å². The van der Waals surface area contributed by atoms with Crippen LogP contribution in [0, 0.1) is 5.82 Å². The van der Waals surface area contributed by atoms with Crippen molar-refractivity contribution < 1.29 is 22.3 Å². The van der Waals surface area contributed by atoms with E-state index < -0.39 is 16.1 Å². The van der Waals surface area contributed by atoms with Gasteiger partial charge in [-0.25, -0.2) is 17.8 Å². The van der Waals surface area contributed by atoms with Gasteiger partial charge in [0.25, 0.3) is 0 Å². The first-order valence-corrected chi connectivity index (χ1v) is 12.5. The number of rotatable bonds is 8. The molecule has 1 aliphatic rings. The van der Waals surface area contributed by atoms with Crippen LogP contribution in [0.5, 0.6) is 0 Å². The Morgan fingerprint density at radius 3 is 2.41 bits per heavy atom. The number of halogens is 1. The molecule has 0 aliphatic carbocycles. The highest BCUT2D eigenvalue weighted by molar-refractivity contribution is 7.89. The minimum atomic E-state index is -3.55. The second-order valence-corrected chi connectivity index (χ2v) is 10.0.